The van der Waals surface area contributed by atoms with Gasteiger partial charge in [-0.2, -0.15) is 0 Å². The third kappa shape index (κ3) is 7.29. The molecule has 0 N–H and O–H groups in total. The van der Waals surface area contributed by atoms with Gasteiger partial charge in [-0.15, -0.1) is 0 Å². The van der Waals surface area contributed by atoms with Crippen LogP contribution in [0.1, 0.15) is 0 Å². The normalized spacial score (nSPS) is 11.3. The Hall–Kier alpha value is -8.79. The van der Waals surface area contributed by atoms with Crippen molar-refractivity contribution in [1.29, 1.82) is 0 Å². The second kappa shape index (κ2) is 16.7. The van der Waals surface area contributed by atoms with E-state index >= 15 is 0 Å². The first-order valence-corrected chi connectivity index (χ1v) is 22.4. The van der Waals surface area contributed by atoms with Crippen molar-refractivity contribution in [3.05, 3.63) is 249 Å². The molecular weight excluding hydrogens is 799 g/mol. The minimum Gasteiger partial charge on any atom is -0.248 e. The van der Waals surface area contributed by atoms with Crippen LogP contribution in [0.4, 0.5) is 0 Å². The Balaban J connectivity index is 0.939. The van der Waals surface area contributed by atoms with Gasteiger partial charge in [0.1, 0.15) is 0 Å². The molecule has 0 aliphatic carbocycles. The van der Waals surface area contributed by atoms with E-state index in [0.717, 1.165) is 72.3 Å². The maximum absolute atomic E-state index is 5.31. The first-order valence-electron chi connectivity index (χ1n) is 22.4. The van der Waals surface area contributed by atoms with Crippen LogP contribution in [0.5, 0.6) is 0 Å². The van der Waals surface area contributed by atoms with Crippen LogP contribution < -0.4 is 0 Å². The first-order chi connectivity index (χ1) is 32.7. The molecule has 308 valence electrons. The maximum Gasteiger partial charge on any atom is 0.160 e. The molecule has 2 heterocycles. The van der Waals surface area contributed by atoms with Crippen molar-refractivity contribution in [2.75, 3.05) is 0 Å². The van der Waals surface area contributed by atoms with Crippen LogP contribution >= 0.6 is 0 Å². The molecule has 0 bridgehead atoms. The smallest absolute Gasteiger partial charge is 0.160 e. The molecule has 3 heteroatoms. The Bertz CT molecular complexity index is 3600. The number of fused-ring (bicyclic) bond motifs is 4. The summed E-state index contributed by atoms with van der Waals surface area (Å²) in [6, 6.07) is 88.2. The van der Waals surface area contributed by atoms with Crippen LogP contribution in [0.25, 0.3) is 122 Å². The van der Waals surface area contributed by atoms with Crippen molar-refractivity contribution in [3.8, 4) is 89.7 Å². The summed E-state index contributed by atoms with van der Waals surface area (Å²) in [5.74, 6) is 0.684. The van der Waals surface area contributed by atoms with E-state index in [1.54, 1.807) is 0 Å². The average molecular weight is 840 g/mol. The van der Waals surface area contributed by atoms with Crippen molar-refractivity contribution in [1.82, 2.24) is 15.0 Å². The quantitative estimate of drug-likeness (QED) is 0.143. The van der Waals surface area contributed by atoms with Crippen LogP contribution in [0.15, 0.2) is 249 Å². The second-order valence-electron chi connectivity index (χ2n) is 16.7. The number of nitrogens with zero attached hydrogens (tertiary/aromatic N) is 3. The third-order valence-electron chi connectivity index (χ3n) is 12.7. The highest BCUT2D eigenvalue weighted by molar-refractivity contribution is 6.14. The molecule has 0 unspecified atom stereocenters. The number of rotatable bonds is 8. The summed E-state index contributed by atoms with van der Waals surface area (Å²) in [6.07, 6.45) is 0. The minimum absolute atomic E-state index is 0.684. The van der Waals surface area contributed by atoms with Gasteiger partial charge in [-0.1, -0.05) is 231 Å². The Morgan fingerprint density at radius 2 is 0.652 bits per heavy atom. The van der Waals surface area contributed by atoms with Gasteiger partial charge in [0.2, 0.25) is 0 Å². The van der Waals surface area contributed by atoms with Gasteiger partial charge >= 0.3 is 0 Å². The monoisotopic (exact) mass is 839 g/mol. The fraction of sp³-hybridized carbons (Fsp3) is 0. The van der Waals surface area contributed by atoms with Gasteiger partial charge in [-0.05, 0) is 84.3 Å². The van der Waals surface area contributed by atoms with Crippen molar-refractivity contribution in [3.63, 3.8) is 0 Å². The zero-order chi connectivity index (χ0) is 43.8. The summed E-state index contributed by atoms with van der Waals surface area (Å²) in [6.45, 7) is 0. The largest absolute Gasteiger partial charge is 0.248 e. The van der Waals surface area contributed by atoms with Gasteiger partial charge in [-0.25, -0.2) is 15.0 Å². The van der Waals surface area contributed by atoms with Gasteiger partial charge in [0.15, 0.2) is 5.82 Å². The first kappa shape index (κ1) is 38.9. The highest BCUT2D eigenvalue weighted by Gasteiger charge is 2.17. The minimum atomic E-state index is 0.684. The molecular formula is C63H41N3. The van der Waals surface area contributed by atoms with Crippen LogP contribution in [0.2, 0.25) is 0 Å². The molecule has 0 spiro atoms. The van der Waals surface area contributed by atoms with Crippen LogP contribution in [-0.4, -0.2) is 15.0 Å². The van der Waals surface area contributed by atoms with E-state index in [2.05, 4.69) is 237 Å². The van der Waals surface area contributed by atoms with E-state index in [-0.39, 0.29) is 0 Å². The molecule has 0 radical (unpaired) electrons. The summed E-state index contributed by atoms with van der Waals surface area (Å²) in [7, 11) is 0. The topological polar surface area (TPSA) is 38.7 Å². The standard InChI is InChI=1S/C63H41N3/c1-4-14-42(15-5-1)44-24-30-50(31-25-44)60-41-61(66-63(65-60)51-34-26-45(27-35-51)43-16-6-2-7-17-43)56-38-37-52(54-22-12-13-23-55(54)56)48-28-32-49(33-29-48)59-40-57(46-18-8-3-9-19-46)62-53-21-11-10-20-47(53)36-39-58(62)64-59/h1-41H. The average Bonchev–Trinajstić information content (AvgIpc) is 3.41. The van der Waals surface area contributed by atoms with Crippen LogP contribution in [0.3, 0.4) is 0 Å². The SMILES string of the molecule is c1ccc(-c2ccc(-c3cc(-c4ccc(-c5ccc(-c6cc(-c7ccccc7)c7c(ccc8ccccc87)n6)cc5)c5ccccc45)nc(-c4ccc(-c5ccccc5)cc4)n3)cc2)cc1. The van der Waals surface area contributed by atoms with Gasteiger partial charge in [0.05, 0.1) is 22.6 Å². The summed E-state index contributed by atoms with van der Waals surface area (Å²) < 4.78 is 0. The lowest BCUT2D eigenvalue weighted by atomic mass is 9.92. The van der Waals surface area contributed by atoms with E-state index in [1.807, 2.05) is 12.1 Å². The van der Waals surface area contributed by atoms with E-state index in [1.165, 1.54) is 44.0 Å². The summed E-state index contributed by atoms with van der Waals surface area (Å²) in [5.41, 5.74) is 17.1. The third-order valence-corrected chi connectivity index (χ3v) is 12.7. The number of hydrogen-bond donors (Lipinski definition) is 0. The summed E-state index contributed by atoms with van der Waals surface area (Å²) in [4.78, 5) is 15.8. The molecule has 12 rings (SSSR count). The van der Waals surface area contributed by atoms with E-state index in [0.29, 0.717) is 5.82 Å². The molecule has 0 aliphatic rings. The van der Waals surface area contributed by atoms with Gasteiger partial charge < -0.3 is 0 Å². The van der Waals surface area contributed by atoms with Crippen molar-refractivity contribution in [2.45, 2.75) is 0 Å². The number of aromatic nitrogens is 3. The number of pyridine rings is 1. The fourth-order valence-corrected chi connectivity index (χ4v) is 9.36. The summed E-state index contributed by atoms with van der Waals surface area (Å²) in [5, 5.41) is 5.89. The molecule has 0 aliphatic heterocycles. The van der Waals surface area contributed by atoms with E-state index < -0.39 is 0 Å². The van der Waals surface area contributed by atoms with Crippen LogP contribution in [0, 0.1) is 0 Å². The lowest BCUT2D eigenvalue weighted by Crippen LogP contribution is -1.97. The zero-order valence-corrected chi connectivity index (χ0v) is 36.0. The predicted octanol–water partition coefficient (Wildman–Crippen LogP) is 16.7. The molecule has 66 heavy (non-hydrogen) atoms. The molecule has 0 saturated heterocycles. The van der Waals surface area contributed by atoms with Gasteiger partial charge in [-0.3, -0.25) is 0 Å². The molecule has 10 aromatic carbocycles. The van der Waals surface area contributed by atoms with Gasteiger partial charge in [0.25, 0.3) is 0 Å². The predicted molar refractivity (Wildman–Crippen MR) is 276 cm³/mol. The molecule has 0 fully saturated rings. The molecule has 0 atom stereocenters. The highest BCUT2D eigenvalue weighted by Crippen LogP contribution is 2.40. The lowest BCUT2D eigenvalue weighted by molar-refractivity contribution is 1.18. The van der Waals surface area contributed by atoms with Gasteiger partial charge in [0, 0.05) is 27.6 Å². The Labute approximate surface area is 384 Å². The Kier molecular flexibility index (Phi) is 9.85. The lowest BCUT2D eigenvalue weighted by Gasteiger charge is -2.15. The van der Waals surface area contributed by atoms with E-state index in [4.69, 9.17) is 15.0 Å². The second-order valence-corrected chi connectivity index (χ2v) is 16.7. The maximum atomic E-state index is 5.31. The molecule has 2 aromatic heterocycles. The van der Waals surface area contributed by atoms with Crippen LogP contribution in [-0.2, 0) is 0 Å². The highest BCUT2D eigenvalue weighted by atomic mass is 14.9. The van der Waals surface area contributed by atoms with Crippen molar-refractivity contribution < 1.29 is 0 Å². The molecule has 3 nitrogen and oxygen atoms in total. The van der Waals surface area contributed by atoms with E-state index in [9.17, 15) is 0 Å². The zero-order valence-electron chi connectivity index (χ0n) is 36.0. The Morgan fingerprint density at radius 3 is 1.27 bits per heavy atom. The van der Waals surface area contributed by atoms with Crippen molar-refractivity contribution in [2.24, 2.45) is 0 Å². The fourth-order valence-electron chi connectivity index (χ4n) is 9.36. The molecule has 0 saturated carbocycles. The Morgan fingerprint density at radius 1 is 0.227 bits per heavy atom. The number of benzene rings is 10. The molecule has 12 aromatic rings. The summed E-state index contributed by atoms with van der Waals surface area (Å²) >= 11 is 0. The number of hydrogen-bond acceptors (Lipinski definition) is 3. The van der Waals surface area contributed by atoms with Crippen molar-refractivity contribution >= 4 is 32.4 Å². The molecule has 0 amide bonds.